The lowest BCUT2D eigenvalue weighted by atomic mass is 9.89. The fourth-order valence-corrected chi connectivity index (χ4v) is 7.40. The Morgan fingerprint density at radius 1 is 0.793 bits per heavy atom. The summed E-state index contributed by atoms with van der Waals surface area (Å²) in [5, 5.41) is 23.0. The van der Waals surface area contributed by atoms with Crippen LogP contribution in [0.5, 0.6) is 0 Å². The van der Waals surface area contributed by atoms with Gasteiger partial charge in [0.25, 0.3) is 11.6 Å². The van der Waals surface area contributed by atoms with Gasteiger partial charge < -0.3 is 24.8 Å². The van der Waals surface area contributed by atoms with Gasteiger partial charge in [-0.05, 0) is 39.9 Å². The van der Waals surface area contributed by atoms with Gasteiger partial charge in [0.05, 0.1) is 23.7 Å². The number of benzene rings is 5. The summed E-state index contributed by atoms with van der Waals surface area (Å²) in [5.41, 5.74) is 3.73. The Hall–Kier alpha value is -5.74. The number of hydrogen-bond acceptors (Lipinski definition) is 8. The number of aliphatic hydroxyl groups is 1. The van der Waals surface area contributed by atoms with Crippen LogP contribution in [-0.2, 0) is 22.6 Å². The zero-order valence-electron chi connectivity index (χ0n) is 31.2. The van der Waals surface area contributed by atoms with Crippen molar-refractivity contribution in [2.75, 3.05) is 37.6 Å². The first-order valence-corrected chi connectivity index (χ1v) is 18.6. The highest BCUT2D eigenvalue weighted by atomic mass is 19.2. The predicted molar refractivity (Wildman–Crippen MR) is 204 cm³/mol. The van der Waals surface area contributed by atoms with E-state index in [9.17, 15) is 42.0 Å². The van der Waals surface area contributed by atoms with Crippen molar-refractivity contribution in [3.63, 3.8) is 0 Å². The maximum absolute atomic E-state index is 14.3. The summed E-state index contributed by atoms with van der Waals surface area (Å²) in [7, 11) is 0. The van der Waals surface area contributed by atoms with E-state index in [4.69, 9.17) is 9.47 Å². The number of nitrogens with one attached hydrogen (secondary N) is 1. The van der Waals surface area contributed by atoms with Gasteiger partial charge in [0, 0.05) is 68.6 Å². The summed E-state index contributed by atoms with van der Waals surface area (Å²) in [6, 6.07) is 28.4. The molecule has 7 rings (SSSR count). The molecule has 2 aliphatic rings. The lowest BCUT2D eigenvalue weighted by Gasteiger charge is -2.44. The van der Waals surface area contributed by atoms with Gasteiger partial charge in [-0.25, -0.2) is 22.0 Å². The molecule has 2 saturated heterocycles. The Labute approximate surface area is 330 Å². The highest BCUT2D eigenvalue weighted by molar-refractivity contribution is 5.95. The molecule has 0 spiro atoms. The molecule has 2 N–H and O–H groups in total. The second-order valence-electron chi connectivity index (χ2n) is 14.3. The first-order valence-electron chi connectivity index (χ1n) is 18.6. The fraction of sp³-hybridized carbons (Fsp3) is 0.279. The van der Waals surface area contributed by atoms with E-state index in [1.807, 2.05) is 48.5 Å². The number of non-ortho nitro benzene ring substituents is 1. The van der Waals surface area contributed by atoms with Crippen LogP contribution >= 0.6 is 0 Å². The molecule has 2 heterocycles. The van der Waals surface area contributed by atoms with Crippen molar-refractivity contribution in [3.05, 3.63) is 164 Å². The standard InChI is InChI=1S/C43H39F5N4O6/c1-25-34(23-50-18-20-51(21-19-50)31-14-16-32(17-15-31)52(55)56)57-43(58-41(25)28-8-6-26(24-53)7-9-28)29-12-10-27(11-13-29)33-5-3-2-4-30(33)22-49-42(54)35-36(44)38(46)40(48)39(47)37(35)45/h2-17,25,34,41,43,53H,18-24H2,1H3,(H,49,54). The number of carbonyl (C=O) groups is 1. The van der Waals surface area contributed by atoms with Crippen molar-refractivity contribution in [1.29, 1.82) is 0 Å². The molecule has 2 fully saturated rings. The molecule has 2 aliphatic heterocycles. The predicted octanol–water partition coefficient (Wildman–Crippen LogP) is 7.99. The van der Waals surface area contributed by atoms with Crippen LogP contribution in [0, 0.1) is 45.1 Å². The zero-order chi connectivity index (χ0) is 41.1. The third kappa shape index (κ3) is 8.43. The van der Waals surface area contributed by atoms with Crippen molar-refractivity contribution in [3.8, 4) is 11.1 Å². The first kappa shape index (κ1) is 40.5. The second-order valence-corrected chi connectivity index (χ2v) is 14.3. The minimum atomic E-state index is -2.35. The second kappa shape index (κ2) is 17.4. The molecule has 0 radical (unpaired) electrons. The molecular formula is C43H39F5N4O6. The Bertz CT molecular complexity index is 2240. The van der Waals surface area contributed by atoms with E-state index in [0.717, 1.165) is 48.6 Å². The average Bonchev–Trinajstić information content (AvgIpc) is 3.25. The molecule has 302 valence electrons. The number of halogens is 5. The number of piperazine rings is 1. The lowest BCUT2D eigenvalue weighted by molar-refractivity contribution is -0.384. The first-order chi connectivity index (χ1) is 27.9. The summed E-state index contributed by atoms with van der Waals surface area (Å²) in [4.78, 5) is 27.9. The van der Waals surface area contributed by atoms with Crippen molar-refractivity contribution < 1.29 is 46.3 Å². The van der Waals surface area contributed by atoms with Gasteiger partial charge in [0.1, 0.15) is 5.56 Å². The largest absolute Gasteiger partial charge is 0.392 e. The third-order valence-electron chi connectivity index (χ3n) is 10.7. The highest BCUT2D eigenvalue weighted by Gasteiger charge is 2.39. The van der Waals surface area contributed by atoms with E-state index in [1.54, 1.807) is 36.4 Å². The van der Waals surface area contributed by atoms with E-state index in [1.165, 1.54) is 12.1 Å². The van der Waals surface area contributed by atoms with E-state index in [-0.39, 0.29) is 37.0 Å². The maximum atomic E-state index is 14.3. The van der Waals surface area contributed by atoms with Crippen molar-refractivity contribution >= 4 is 17.3 Å². The van der Waals surface area contributed by atoms with Gasteiger partial charge in [-0.15, -0.1) is 0 Å². The summed E-state index contributed by atoms with van der Waals surface area (Å²) in [6.07, 6.45) is -1.34. The van der Waals surface area contributed by atoms with Crippen molar-refractivity contribution in [2.24, 2.45) is 5.92 Å². The number of nitrogens with zero attached hydrogens (tertiary/aromatic N) is 3. The van der Waals surface area contributed by atoms with Crippen LogP contribution in [0.4, 0.5) is 33.3 Å². The molecule has 0 bridgehead atoms. The topological polar surface area (TPSA) is 117 Å². The molecular weight excluding hydrogens is 763 g/mol. The van der Waals surface area contributed by atoms with Crippen LogP contribution in [0.3, 0.4) is 0 Å². The monoisotopic (exact) mass is 802 g/mol. The number of aliphatic hydroxyl groups excluding tert-OH is 1. The summed E-state index contributed by atoms with van der Waals surface area (Å²) in [5.74, 6) is -12.7. The van der Waals surface area contributed by atoms with Crippen LogP contribution in [0.1, 0.15) is 51.9 Å². The molecule has 4 unspecified atom stereocenters. The molecule has 0 aromatic heterocycles. The Morgan fingerprint density at radius 2 is 1.40 bits per heavy atom. The number of amides is 1. The van der Waals surface area contributed by atoms with Gasteiger partial charge in [-0.1, -0.05) is 79.7 Å². The maximum Gasteiger partial charge on any atom is 0.269 e. The summed E-state index contributed by atoms with van der Waals surface area (Å²) >= 11 is 0. The van der Waals surface area contributed by atoms with Crippen molar-refractivity contribution in [2.45, 2.75) is 38.6 Å². The fourth-order valence-electron chi connectivity index (χ4n) is 7.40. The number of anilines is 1. The smallest absolute Gasteiger partial charge is 0.269 e. The Balaban J connectivity index is 1.07. The summed E-state index contributed by atoms with van der Waals surface area (Å²) in [6.45, 7) is 5.31. The number of nitro groups is 1. The van der Waals surface area contributed by atoms with Crippen LogP contribution in [0.2, 0.25) is 0 Å². The average molecular weight is 803 g/mol. The Morgan fingerprint density at radius 3 is 2.02 bits per heavy atom. The minimum absolute atomic E-state index is 0.0459. The lowest BCUT2D eigenvalue weighted by Crippen LogP contribution is -2.51. The van der Waals surface area contributed by atoms with Crippen LogP contribution in [0.15, 0.2) is 97.1 Å². The van der Waals surface area contributed by atoms with E-state index < -0.39 is 51.8 Å². The molecule has 4 atom stereocenters. The molecule has 1 amide bonds. The molecule has 5 aromatic carbocycles. The van der Waals surface area contributed by atoms with E-state index >= 15 is 0 Å². The van der Waals surface area contributed by atoms with Crippen LogP contribution in [-0.4, -0.2) is 59.7 Å². The molecule has 15 heteroatoms. The number of hydrogen-bond donors (Lipinski definition) is 2. The summed E-state index contributed by atoms with van der Waals surface area (Å²) < 4.78 is 83.0. The molecule has 5 aromatic rings. The SMILES string of the molecule is CC1C(CN2CCN(c3ccc([N+](=O)[O-])cc3)CC2)OC(c2ccc(-c3ccccc3CNC(=O)c3c(F)c(F)c(F)c(F)c3F)cc2)OC1c1ccc(CO)cc1. The number of nitro benzene ring substituents is 1. The molecule has 0 saturated carbocycles. The van der Waals surface area contributed by atoms with Gasteiger partial charge >= 0.3 is 0 Å². The quantitative estimate of drug-likeness (QED) is 0.0454. The normalized spacial score (nSPS) is 19.9. The number of rotatable bonds is 11. The van der Waals surface area contributed by atoms with Gasteiger partial charge in [0.15, 0.2) is 29.6 Å². The van der Waals surface area contributed by atoms with Crippen molar-refractivity contribution in [1.82, 2.24) is 10.2 Å². The Kier molecular flexibility index (Phi) is 12.1. The number of carbonyl (C=O) groups excluding carboxylic acids is 1. The number of ether oxygens (including phenoxy) is 2. The molecule has 10 nitrogen and oxygen atoms in total. The molecule has 58 heavy (non-hydrogen) atoms. The van der Waals surface area contributed by atoms with Gasteiger partial charge in [-0.2, -0.15) is 0 Å². The van der Waals surface area contributed by atoms with Crippen LogP contribution < -0.4 is 10.2 Å². The molecule has 0 aliphatic carbocycles. The highest BCUT2D eigenvalue weighted by Crippen LogP contribution is 2.42. The zero-order valence-corrected chi connectivity index (χ0v) is 31.2. The van der Waals surface area contributed by atoms with E-state index in [2.05, 4.69) is 22.0 Å². The van der Waals surface area contributed by atoms with E-state index in [0.29, 0.717) is 23.2 Å². The van der Waals surface area contributed by atoms with Gasteiger partial charge in [-0.3, -0.25) is 19.8 Å². The van der Waals surface area contributed by atoms with Gasteiger partial charge in [0.2, 0.25) is 5.82 Å². The minimum Gasteiger partial charge on any atom is -0.392 e. The third-order valence-corrected chi connectivity index (χ3v) is 10.7. The van der Waals surface area contributed by atoms with Crippen LogP contribution in [0.25, 0.3) is 11.1 Å².